The van der Waals surface area contributed by atoms with Crippen molar-refractivity contribution in [2.45, 2.75) is 25.6 Å². The Labute approximate surface area is 148 Å². The quantitative estimate of drug-likeness (QED) is 0.795. The second-order valence-electron chi connectivity index (χ2n) is 6.31. The van der Waals surface area contributed by atoms with Gasteiger partial charge in [-0.2, -0.15) is 0 Å². The maximum Gasteiger partial charge on any atom is 0.321 e. The highest BCUT2D eigenvalue weighted by Crippen LogP contribution is 2.15. The molecule has 0 aromatic heterocycles. The molecule has 2 amide bonds. The monoisotopic (exact) mass is 340 g/mol. The minimum Gasteiger partial charge on any atom is -0.391 e. The zero-order valence-electron chi connectivity index (χ0n) is 14.2. The Balaban J connectivity index is 1.45. The highest BCUT2D eigenvalue weighted by Gasteiger charge is 2.24. The van der Waals surface area contributed by atoms with E-state index >= 15 is 0 Å². The predicted octanol–water partition coefficient (Wildman–Crippen LogP) is 3.04. The standard InChI is InChI=1S/C20H24N2O3/c23-19-9-11-22(14-19)20(24)21-18-8-4-7-17(13-18)15-25-12-10-16-5-2-1-3-6-16/h1-8,13,19,23H,9-12,14-15H2,(H,21,24)/t19-/m1/s1. The topological polar surface area (TPSA) is 61.8 Å². The Morgan fingerprint density at radius 2 is 1.96 bits per heavy atom. The van der Waals surface area contributed by atoms with E-state index in [4.69, 9.17) is 4.74 Å². The Hall–Kier alpha value is -2.37. The van der Waals surface area contributed by atoms with Crippen LogP contribution in [0.4, 0.5) is 10.5 Å². The number of anilines is 1. The number of amides is 2. The molecule has 0 aliphatic carbocycles. The number of β-amino-alcohol motifs (C(OH)–C–C–N with tert-alkyl or cyclic N) is 1. The third kappa shape index (κ3) is 5.31. The molecule has 2 aromatic rings. The predicted molar refractivity (Wildman–Crippen MR) is 97.5 cm³/mol. The lowest BCUT2D eigenvalue weighted by Crippen LogP contribution is -2.33. The normalized spacial score (nSPS) is 16.8. The molecule has 1 aliphatic heterocycles. The number of nitrogens with one attached hydrogen (secondary N) is 1. The third-order valence-electron chi connectivity index (χ3n) is 4.28. The van der Waals surface area contributed by atoms with E-state index < -0.39 is 6.10 Å². The summed E-state index contributed by atoms with van der Waals surface area (Å²) >= 11 is 0. The molecule has 1 fully saturated rings. The fourth-order valence-electron chi connectivity index (χ4n) is 2.89. The first-order valence-electron chi connectivity index (χ1n) is 8.65. The first kappa shape index (κ1) is 17.5. The van der Waals surface area contributed by atoms with Crippen LogP contribution in [-0.4, -0.2) is 41.8 Å². The lowest BCUT2D eigenvalue weighted by atomic mass is 10.2. The van der Waals surface area contributed by atoms with E-state index in [-0.39, 0.29) is 6.03 Å². The maximum atomic E-state index is 12.2. The Kier molecular flexibility index (Phi) is 6.04. The van der Waals surface area contributed by atoms with Crippen LogP contribution in [0.1, 0.15) is 17.5 Å². The summed E-state index contributed by atoms with van der Waals surface area (Å²) in [7, 11) is 0. The number of carbonyl (C=O) groups excluding carboxylic acids is 1. The van der Waals surface area contributed by atoms with Crippen molar-refractivity contribution in [3.63, 3.8) is 0 Å². The SMILES string of the molecule is O=C(Nc1cccc(COCCc2ccccc2)c1)N1CC[C@@H](O)C1. The summed E-state index contributed by atoms with van der Waals surface area (Å²) in [5, 5.41) is 12.4. The smallest absolute Gasteiger partial charge is 0.321 e. The van der Waals surface area contributed by atoms with Crippen molar-refractivity contribution in [2.24, 2.45) is 0 Å². The second-order valence-corrected chi connectivity index (χ2v) is 6.31. The van der Waals surface area contributed by atoms with Crippen molar-refractivity contribution >= 4 is 11.7 Å². The largest absolute Gasteiger partial charge is 0.391 e. The van der Waals surface area contributed by atoms with Crippen LogP contribution in [0, 0.1) is 0 Å². The van der Waals surface area contributed by atoms with Gasteiger partial charge in [0, 0.05) is 18.8 Å². The van der Waals surface area contributed by atoms with E-state index in [1.54, 1.807) is 4.90 Å². The lowest BCUT2D eigenvalue weighted by Gasteiger charge is -2.16. The fraction of sp³-hybridized carbons (Fsp3) is 0.350. The van der Waals surface area contributed by atoms with Crippen molar-refractivity contribution in [3.8, 4) is 0 Å². The van der Waals surface area contributed by atoms with Gasteiger partial charge in [0.25, 0.3) is 0 Å². The molecule has 0 radical (unpaired) electrons. The maximum absolute atomic E-state index is 12.2. The molecule has 1 saturated heterocycles. The Morgan fingerprint density at radius 1 is 1.16 bits per heavy atom. The summed E-state index contributed by atoms with van der Waals surface area (Å²) in [5.74, 6) is 0. The molecule has 0 spiro atoms. The number of ether oxygens (including phenoxy) is 1. The minimum atomic E-state index is -0.407. The molecular weight excluding hydrogens is 316 g/mol. The number of carbonyl (C=O) groups is 1. The molecule has 1 heterocycles. The van der Waals surface area contributed by atoms with Gasteiger partial charge in [0.2, 0.25) is 0 Å². The van der Waals surface area contributed by atoms with Gasteiger partial charge in [0.15, 0.2) is 0 Å². The van der Waals surface area contributed by atoms with Crippen LogP contribution >= 0.6 is 0 Å². The zero-order valence-corrected chi connectivity index (χ0v) is 14.2. The van der Waals surface area contributed by atoms with Crippen LogP contribution in [0.5, 0.6) is 0 Å². The van der Waals surface area contributed by atoms with Gasteiger partial charge in [-0.05, 0) is 36.1 Å². The summed E-state index contributed by atoms with van der Waals surface area (Å²) in [6.07, 6.45) is 1.12. The molecule has 2 N–H and O–H groups in total. The highest BCUT2D eigenvalue weighted by atomic mass is 16.5. The van der Waals surface area contributed by atoms with Crippen molar-refractivity contribution < 1.29 is 14.6 Å². The van der Waals surface area contributed by atoms with E-state index in [2.05, 4.69) is 17.4 Å². The summed E-state index contributed by atoms with van der Waals surface area (Å²) in [5.41, 5.74) is 3.03. The average Bonchev–Trinajstić information content (AvgIpc) is 3.07. The Bertz CT molecular complexity index is 690. The molecule has 132 valence electrons. The molecular formula is C20H24N2O3. The number of hydrogen-bond donors (Lipinski definition) is 2. The van der Waals surface area contributed by atoms with Crippen molar-refractivity contribution in [1.82, 2.24) is 4.90 Å². The number of aliphatic hydroxyl groups excluding tert-OH is 1. The number of aliphatic hydroxyl groups is 1. The number of rotatable bonds is 6. The molecule has 3 rings (SSSR count). The van der Waals surface area contributed by atoms with Gasteiger partial charge in [-0.15, -0.1) is 0 Å². The molecule has 1 atom stereocenters. The number of nitrogens with zero attached hydrogens (tertiary/aromatic N) is 1. The van der Waals surface area contributed by atoms with E-state index in [9.17, 15) is 9.90 Å². The van der Waals surface area contributed by atoms with Gasteiger partial charge in [-0.3, -0.25) is 0 Å². The molecule has 0 saturated carbocycles. The zero-order chi connectivity index (χ0) is 17.5. The first-order chi connectivity index (χ1) is 12.2. The van der Waals surface area contributed by atoms with Gasteiger partial charge < -0.3 is 20.1 Å². The highest BCUT2D eigenvalue weighted by molar-refractivity contribution is 5.89. The van der Waals surface area contributed by atoms with E-state index in [1.807, 2.05) is 42.5 Å². The van der Waals surface area contributed by atoms with E-state index in [1.165, 1.54) is 5.56 Å². The molecule has 0 unspecified atom stereocenters. The van der Waals surface area contributed by atoms with Gasteiger partial charge >= 0.3 is 6.03 Å². The fourth-order valence-corrected chi connectivity index (χ4v) is 2.89. The van der Waals surface area contributed by atoms with Crippen molar-refractivity contribution in [2.75, 3.05) is 25.0 Å². The molecule has 1 aliphatic rings. The molecule has 5 heteroatoms. The molecule has 25 heavy (non-hydrogen) atoms. The number of urea groups is 1. The lowest BCUT2D eigenvalue weighted by molar-refractivity contribution is 0.124. The van der Waals surface area contributed by atoms with Crippen molar-refractivity contribution in [3.05, 3.63) is 65.7 Å². The third-order valence-corrected chi connectivity index (χ3v) is 4.28. The van der Waals surface area contributed by atoms with Crippen LogP contribution in [0.2, 0.25) is 0 Å². The molecule has 5 nitrogen and oxygen atoms in total. The van der Waals surface area contributed by atoms with E-state index in [0.717, 1.165) is 17.7 Å². The Morgan fingerprint density at radius 3 is 2.72 bits per heavy atom. The van der Waals surface area contributed by atoms with Crippen LogP contribution < -0.4 is 5.32 Å². The first-order valence-corrected chi connectivity index (χ1v) is 8.65. The molecule has 2 aromatic carbocycles. The van der Waals surface area contributed by atoms with Gasteiger partial charge in [-0.1, -0.05) is 42.5 Å². The number of likely N-dealkylation sites (tertiary alicyclic amines) is 1. The minimum absolute atomic E-state index is 0.168. The van der Waals surface area contributed by atoms with Gasteiger partial charge in [0.1, 0.15) is 0 Å². The van der Waals surface area contributed by atoms with Crippen LogP contribution in [0.3, 0.4) is 0 Å². The number of hydrogen-bond acceptors (Lipinski definition) is 3. The summed E-state index contributed by atoms with van der Waals surface area (Å²) < 4.78 is 5.74. The summed E-state index contributed by atoms with van der Waals surface area (Å²) in [4.78, 5) is 13.8. The van der Waals surface area contributed by atoms with Crippen molar-refractivity contribution in [1.29, 1.82) is 0 Å². The van der Waals surface area contributed by atoms with Gasteiger partial charge in [-0.25, -0.2) is 4.79 Å². The average molecular weight is 340 g/mol. The summed E-state index contributed by atoms with van der Waals surface area (Å²) in [6.45, 7) is 2.16. The second kappa shape index (κ2) is 8.65. The van der Waals surface area contributed by atoms with E-state index in [0.29, 0.717) is 32.7 Å². The summed E-state index contributed by atoms with van der Waals surface area (Å²) in [6, 6.07) is 17.8. The number of benzene rings is 2. The van der Waals surface area contributed by atoms with Gasteiger partial charge in [0.05, 0.1) is 19.3 Å². The van der Waals surface area contributed by atoms with Crippen LogP contribution in [0.25, 0.3) is 0 Å². The van der Waals surface area contributed by atoms with Crippen LogP contribution in [-0.2, 0) is 17.8 Å². The van der Waals surface area contributed by atoms with Crippen LogP contribution in [0.15, 0.2) is 54.6 Å². The molecule has 0 bridgehead atoms.